The van der Waals surface area contributed by atoms with Crippen molar-refractivity contribution >= 4 is 5.97 Å². The van der Waals surface area contributed by atoms with Crippen molar-refractivity contribution in [2.24, 2.45) is 0 Å². The van der Waals surface area contributed by atoms with Gasteiger partial charge in [0.1, 0.15) is 0 Å². The average Bonchev–Trinajstić information content (AvgIpc) is 2.53. The summed E-state index contributed by atoms with van der Waals surface area (Å²) in [7, 11) is 1.36. The first-order valence-electron chi connectivity index (χ1n) is 6.28. The molecule has 1 heterocycles. The lowest BCUT2D eigenvalue weighted by Crippen LogP contribution is -2.07. The lowest BCUT2D eigenvalue weighted by molar-refractivity contribution is 0.0599. The number of rotatable bonds is 3. The predicted octanol–water partition coefficient (Wildman–Crippen LogP) is 2.97. The van der Waals surface area contributed by atoms with Crippen molar-refractivity contribution in [3.63, 3.8) is 0 Å². The van der Waals surface area contributed by atoms with Crippen LogP contribution in [-0.4, -0.2) is 18.1 Å². The molecule has 0 saturated heterocycles. The van der Waals surface area contributed by atoms with Crippen molar-refractivity contribution < 1.29 is 9.53 Å². The second-order valence-electron chi connectivity index (χ2n) is 4.23. The number of nitrogens with zero attached hydrogens (tertiary/aromatic N) is 2. The molecule has 1 aromatic heterocycles. The third-order valence-corrected chi connectivity index (χ3v) is 3.02. The van der Waals surface area contributed by atoms with Gasteiger partial charge in [0, 0.05) is 5.56 Å². The number of carbonyl (C=O) groups is 1. The molecule has 0 amide bonds. The normalized spacial score (nSPS) is 9.85. The minimum absolute atomic E-state index is 0.374. The number of nitriles is 1. The molecule has 2 aromatic rings. The van der Waals surface area contributed by atoms with Crippen molar-refractivity contribution in [2.45, 2.75) is 13.3 Å². The zero-order chi connectivity index (χ0) is 14.5. The van der Waals surface area contributed by atoms with E-state index in [1.807, 2.05) is 19.1 Å². The fraction of sp³-hybridized carbons (Fsp3) is 0.188. The summed E-state index contributed by atoms with van der Waals surface area (Å²) in [6.45, 7) is 1.94. The Bertz CT molecular complexity index is 670. The minimum atomic E-state index is -0.374. The van der Waals surface area contributed by atoms with Crippen LogP contribution in [0.3, 0.4) is 0 Å². The Hall–Kier alpha value is -2.67. The molecule has 0 aliphatic carbocycles. The first kappa shape index (κ1) is 13.8. The number of aryl methyl sites for hydroxylation is 1. The Balaban J connectivity index is 2.43. The summed E-state index contributed by atoms with van der Waals surface area (Å²) in [5, 5.41) is 8.79. The summed E-state index contributed by atoms with van der Waals surface area (Å²) in [4.78, 5) is 16.1. The highest BCUT2D eigenvalue weighted by Crippen LogP contribution is 2.20. The Morgan fingerprint density at radius 3 is 2.50 bits per heavy atom. The van der Waals surface area contributed by atoms with E-state index in [0.717, 1.165) is 11.3 Å². The summed E-state index contributed by atoms with van der Waals surface area (Å²) in [5.74, 6) is -0.374. The van der Waals surface area contributed by atoms with Crippen LogP contribution in [0.4, 0.5) is 0 Å². The Kier molecular flexibility index (Phi) is 4.11. The quantitative estimate of drug-likeness (QED) is 0.801. The standard InChI is InChI=1S/C16H14N2O2/c1-3-14-13(16(19)20-2)8-9-15(18-14)12-6-4-11(10-17)5-7-12/h4-9H,3H2,1-2H3. The van der Waals surface area contributed by atoms with Gasteiger partial charge in [0.05, 0.1) is 35.7 Å². The van der Waals surface area contributed by atoms with Gasteiger partial charge in [-0.2, -0.15) is 5.26 Å². The van der Waals surface area contributed by atoms with Crippen LogP contribution in [0.2, 0.25) is 0 Å². The maximum atomic E-state index is 11.6. The second kappa shape index (κ2) is 5.98. The van der Waals surface area contributed by atoms with Crippen molar-refractivity contribution in [3.8, 4) is 17.3 Å². The molecule has 0 bridgehead atoms. The Labute approximate surface area is 117 Å². The second-order valence-corrected chi connectivity index (χ2v) is 4.23. The summed E-state index contributed by atoms with van der Waals surface area (Å²) in [5.41, 5.74) is 3.50. The number of methoxy groups -OCH3 is 1. The third kappa shape index (κ3) is 2.67. The molecule has 0 aliphatic heterocycles. The van der Waals surface area contributed by atoms with E-state index in [-0.39, 0.29) is 5.97 Å². The molecule has 20 heavy (non-hydrogen) atoms. The molecule has 4 heteroatoms. The van der Waals surface area contributed by atoms with E-state index in [0.29, 0.717) is 23.2 Å². The van der Waals surface area contributed by atoms with Gasteiger partial charge in [0.2, 0.25) is 0 Å². The van der Waals surface area contributed by atoms with Gasteiger partial charge in [-0.25, -0.2) is 4.79 Å². The van der Waals surface area contributed by atoms with Crippen LogP contribution in [0, 0.1) is 11.3 Å². The fourth-order valence-corrected chi connectivity index (χ4v) is 1.94. The van der Waals surface area contributed by atoms with E-state index in [1.165, 1.54) is 7.11 Å². The van der Waals surface area contributed by atoms with Crippen LogP contribution in [0.15, 0.2) is 36.4 Å². The number of pyridine rings is 1. The number of hydrogen-bond acceptors (Lipinski definition) is 4. The molecule has 4 nitrogen and oxygen atoms in total. The van der Waals surface area contributed by atoms with Crippen molar-refractivity contribution in [1.29, 1.82) is 5.26 Å². The topological polar surface area (TPSA) is 63.0 Å². The average molecular weight is 266 g/mol. The molecule has 1 aromatic carbocycles. The molecule has 0 atom stereocenters. The first-order valence-corrected chi connectivity index (χ1v) is 6.28. The van der Waals surface area contributed by atoms with E-state index >= 15 is 0 Å². The van der Waals surface area contributed by atoms with Gasteiger partial charge < -0.3 is 4.74 Å². The van der Waals surface area contributed by atoms with Crippen molar-refractivity contribution in [1.82, 2.24) is 4.98 Å². The third-order valence-electron chi connectivity index (χ3n) is 3.02. The smallest absolute Gasteiger partial charge is 0.339 e. The van der Waals surface area contributed by atoms with Crippen LogP contribution >= 0.6 is 0 Å². The molecular formula is C16H14N2O2. The van der Waals surface area contributed by atoms with Gasteiger partial charge >= 0.3 is 5.97 Å². The fourth-order valence-electron chi connectivity index (χ4n) is 1.94. The molecule has 0 aliphatic rings. The van der Waals surface area contributed by atoms with Crippen LogP contribution in [0.1, 0.15) is 28.5 Å². The molecule has 2 rings (SSSR count). The molecule has 0 N–H and O–H groups in total. The van der Waals surface area contributed by atoms with Crippen LogP contribution < -0.4 is 0 Å². The zero-order valence-electron chi connectivity index (χ0n) is 11.4. The number of carbonyl (C=O) groups excluding carboxylic acids is 1. The molecule has 0 fully saturated rings. The first-order chi connectivity index (χ1) is 9.69. The van der Waals surface area contributed by atoms with E-state index in [4.69, 9.17) is 10.00 Å². The monoisotopic (exact) mass is 266 g/mol. The van der Waals surface area contributed by atoms with Gasteiger partial charge in [-0.15, -0.1) is 0 Å². The molecule has 0 saturated carbocycles. The molecule has 0 radical (unpaired) electrons. The summed E-state index contributed by atoms with van der Waals surface area (Å²) in [6, 6.07) is 12.8. The lowest BCUT2D eigenvalue weighted by Gasteiger charge is -2.08. The van der Waals surface area contributed by atoms with Gasteiger partial charge in [-0.1, -0.05) is 19.1 Å². The van der Waals surface area contributed by atoms with E-state index in [2.05, 4.69) is 11.1 Å². The summed E-state index contributed by atoms with van der Waals surface area (Å²) >= 11 is 0. The maximum absolute atomic E-state index is 11.6. The number of aromatic nitrogens is 1. The highest BCUT2D eigenvalue weighted by molar-refractivity contribution is 5.91. The molecule has 0 unspecified atom stereocenters. The van der Waals surface area contributed by atoms with Gasteiger partial charge in [0.15, 0.2) is 0 Å². The Morgan fingerprint density at radius 1 is 1.25 bits per heavy atom. The van der Waals surface area contributed by atoms with Gasteiger partial charge in [-0.05, 0) is 30.7 Å². The number of benzene rings is 1. The molecule has 0 spiro atoms. The zero-order valence-corrected chi connectivity index (χ0v) is 11.4. The minimum Gasteiger partial charge on any atom is -0.465 e. The van der Waals surface area contributed by atoms with Gasteiger partial charge in [-0.3, -0.25) is 4.98 Å². The van der Waals surface area contributed by atoms with Gasteiger partial charge in [0.25, 0.3) is 0 Å². The molecule has 100 valence electrons. The highest BCUT2D eigenvalue weighted by Gasteiger charge is 2.13. The van der Waals surface area contributed by atoms with Crippen molar-refractivity contribution in [2.75, 3.05) is 7.11 Å². The van der Waals surface area contributed by atoms with Crippen LogP contribution in [0.5, 0.6) is 0 Å². The predicted molar refractivity (Wildman–Crippen MR) is 75.1 cm³/mol. The van der Waals surface area contributed by atoms with Crippen LogP contribution in [-0.2, 0) is 11.2 Å². The number of hydrogen-bond donors (Lipinski definition) is 0. The lowest BCUT2D eigenvalue weighted by atomic mass is 10.1. The van der Waals surface area contributed by atoms with Crippen LogP contribution in [0.25, 0.3) is 11.3 Å². The SMILES string of the molecule is CCc1nc(-c2ccc(C#N)cc2)ccc1C(=O)OC. The van der Waals surface area contributed by atoms with E-state index < -0.39 is 0 Å². The van der Waals surface area contributed by atoms with Crippen molar-refractivity contribution in [3.05, 3.63) is 53.2 Å². The summed E-state index contributed by atoms with van der Waals surface area (Å²) in [6.07, 6.45) is 0.647. The maximum Gasteiger partial charge on any atom is 0.339 e. The Morgan fingerprint density at radius 2 is 1.95 bits per heavy atom. The largest absolute Gasteiger partial charge is 0.465 e. The van der Waals surface area contributed by atoms with E-state index in [1.54, 1.807) is 24.3 Å². The number of ether oxygens (including phenoxy) is 1. The highest BCUT2D eigenvalue weighted by atomic mass is 16.5. The molecular weight excluding hydrogens is 252 g/mol. The number of esters is 1. The van der Waals surface area contributed by atoms with E-state index in [9.17, 15) is 4.79 Å². The summed E-state index contributed by atoms with van der Waals surface area (Å²) < 4.78 is 4.74.